The lowest BCUT2D eigenvalue weighted by Crippen LogP contribution is -2.87. The molecular formula is C19H21N2O2S+. The first-order valence-corrected chi connectivity index (χ1v) is 8.86. The quantitative estimate of drug-likeness (QED) is 0.694. The van der Waals surface area contributed by atoms with Gasteiger partial charge in [0.2, 0.25) is 0 Å². The molecule has 1 aromatic carbocycles. The van der Waals surface area contributed by atoms with Crippen LogP contribution < -0.4 is 10.6 Å². The van der Waals surface area contributed by atoms with E-state index in [1.165, 1.54) is 0 Å². The number of furan rings is 1. The summed E-state index contributed by atoms with van der Waals surface area (Å²) in [4.78, 5) is 13.4. The third kappa shape index (κ3) is 4.13. The summed E-state index contributed by atoms with van der Waals surface area (Å²) in [5.74, 6) is 0.865. The van der Waals surface area contributed by atoms with Crippen LogP contribution in [0.3, 0.4) is 0 Å². The number of carbonyl (C=O) groups excluding carboxylic acids is 1. The molecule has 24 heavy (non-hydrogen) atoms. The second-order valence-corrected chi connectivity index (χ2v) is 6.63. The fourth-order valence-corrected chi connectivity index (χ4v) is 3.41. The highest BCUT2D eigenvalue weighted by Crippen LogP contribution is 2.19. The number of nitrogens with two attached hydrogens (primary N) is 1. The van der Waals surface area contributed by atoms with Gasteiger partial charge in [-0.25, -0.2) is 0 Å². The summed E-state index contributed by atoms with van der Waals surface area (Å²) in [5, 5.41) is 7.07. The lowest BCUT2D eigenvalue weighted by Gasteiger charge is -2.15. The smallest absolute Gasteiger partial charge is 0.275 e. The van der Waals surface area contributed by atoms with Crippen LogP contribution in [0.2, 0.25) is 0 Å². The summed E-state index contributed by atoms with van der Waals surface area (Å²) in [6.07, 6.45) is 1.66. The van der Waals surface area contributed by atoms with Gasteiger partial charge in [-0.3, -0.25) is 4.79 Å². The van der Waals surface area contributed by atoms with Gasteiger partial charge in [-0.05, 0) is 30.5 Å². The maximum atomic E-state index is 12.3. The van der Waals surface area contributed by atoms with Crippen LogP contribution in [0.25, 0.3) is 0 Å². The van der Waals surface area contributed by atoms with Crippen molar-refractivity contribution in [2.24, 2.45) is 0 Å². The van der Waals surface area contributed by atoms with Crippen molar-refractivity contribution < 1.29 is 14.5 Å². The number of nitrogens with one attached hydrogen (secondary N) is 1. The van der Waals surface area contributed by atoms with Crippen molar-refractivity contribution in [1.29, 1.82) is 0 Å². The van der Waals surface area contributed by atoms with Crippen molar-refractivity contribution in [3.8, 4) is 0 Å². The summed E-state index contributed by atoms with van der Waals surface area (Å²) in [7, 11) is 0. The van der Waals surface area contributed by atoms with Gasteiger partial charge in [0.15, 0.2) is 18.3 Å². The number of carbonyl (C=O) groups is 1. The van der Waals surface area contributed by atoms with Gasteiger partial charge in [0.05, 0.1) is 12.3 Å². The van der Waals surface area contributed by atoms with E-state index in [0.717, 1.165) is 16.2 Å². The summed E-state index contributed by atoms with van der Waals surface area (Å²) in [6.45, 7) is 2.35. The monoisotopic (exact) mass is 341 g/mol. The third-order valence-electron chi connectivity index (χ3n) is 3.89. The molecule has 3 rings (SSSR count). The van der Waals surface area contributed by atoms with Crippen LogP contribution in [0.5, 0.6) is 0 Å². The van der Waals surface area contributed by atoms with E-state index in [4.69, 9.17) is 4.42 Å². The van der Waals surface area contributed by atoms with Crippen molar-refractivity contribution in [3.05, 3.63) is 82.4 Å². The van der Waals surface area contributed by atoms with E-state index in [9.17, 15) is 4.79 Å². The molecule has 0 spiro atoms. The molecule has 0 aliphatic carbocycles. The van der Waals surface area contributed by atoms with E-state index >= 15 is 0 Å². The summed E-state index contributed by atoms with van der Waals surface area (Å²) in [6, 6.07) is 17.9. The third-order valence-corrected chi connectivity index (χ3v) is 4.95. The average molecular weight is 341 g/mol. The molecule has 0 bridgehead atoms. The van der Waals surface area contributed by atoms with Gasteiger partial charge in [0.25, 0.3) is 5.91 Å². The maximum absolute atomic E-state index is 12.3. The van der Waals surface area contributed by atoms with Crippen LogP contribution >= 0.6 is 11.3 Å². The Morgan fingerprint density at radius 2 is 2.00 bits per heavy atom. The molecule has 3 aromatic rings. The van der Waals surface area contributed by atoms with Crippen LogP contribution in [0.4, 0.5) is 0 Å². The molecule has 0 saturated carbocycles. The van der Waals surface area contributed by atoms with E-state index in [1.54, 1.807) is 17.6 Å². The van der Waals surface area contributed by atoms with Crippen molar-refractivity contribution in [1.82, 2.24) is 5.32 Å². The Bertz CT molecular complexity index is 739. The van der Waals surface area contributed by atoms with E-state index < -0.39 is 0 Å². The molecule has 0 saturated heterocycles. The Labute approximate surface area is 145 Å². The molecule has 4 nitrogen and oxygen atoms in total. The standard InChI is InChI=1S/C19H20N2O2S/c1-14(17-10-6-12-24-17)21-18(22)13-20-19(16-9-5-11-23-16)15-7-3-2-4-8-15/h2-12,14,19-20H,13H2,1H3,(H,21,22)/p+1/t14-,19+/m0/s1. The second-order valence-electron chi connectivity index (χ2n) is 5.65. The topological polar surface area (TPSA) is 58.9 Å². The highest BCUT2D eigenvalue weighted by Gasteiger charge is 2.22. The van der Waals surface area contributed by atoms with Gasteiger partial charge in [0.1, 0.15) is 0 Å². The number of hydrogen-bond acceptors (Lipinski definition) is 3. The molecule has 0 unspecified atom stereocenters. The normalized spacial score (nSPS) is 13.4. The summed E-state index contributed by atoms with van der Waals surface area (Å²) < 4.78 is 5.56. The number of amides is 1. The molecule has 2 atom stereocenters. The molecule has 2 heterocycles. The first-order chi connectivity index (χ1) is 11.7. The summed E-state index contributed by atoms with van der Waals surface area (Å²) in [5.41, 5.74) is 1.12. The van der Waals surface area contributed by atoms with Gasteiger partial charge in [0, 0.05) is 10.4 Å². The van der Waals surface area contributed by atoms with E-state index in [0.29, 0.717) is 6.54 Å². The highest BCUT2D eigenvalue weighted by molar-refractivity contribution is 7.10. The Morgan fingerprint density at radius 1 is 1.17 bits per heavy atom. The van der Waals surface area contributed by atoms with Crippen molar-refractivity contribution in [2.75, 3.05) is 6.54 Å². The second kappa shape index (κ2) is 7.95. The Morgan fingerprint density at radius 3 is 2.67 bits per heavy atom. The average Bonchev–Trinajstić information content (AvgIpc) is 3.30. The van der Waals surface area contributed by atoms with Crippen LogP contribution in [-0.2, 0) is 4.79 Å². The van der Waals surface area contributed by atoms with E-state index in [1.807, 2.05) is 60.1 Å². The molecule has 2 aromatic heterocycles. The number of benzene rings is 1. The maximum Gasteiger partial charge on any atom is 0.275 e. The number of rotatable bonds is 7. The molecule has 124 valence electrons. The number of thiophene rings is 1. The van der Waals surface area contributed by atoms with Gasteiger partial charge in [-0.2, -0.15) is 0 Å². The zero-order valence-corrected chi connectivity index (χ0v) is 14.3. The Kier molecular flexibility index (Phi) is 5.46. The first-order valence-electron chi connectivity index (χ1n) is 7.98. The van der Waals surface area contributed by atoms with Crippen LogP contribution in [0.1, 0.15) is 35.2 Å². The minimum atomic E-state index is -0.0241. The SMILES string of the molecule is C[C@H](NC(=O)C[NH2+][C@H](c1ccccc1)c1ccco1)c1cccs1. The summed E-state index contributed by atoms with van der Waals surface area (Å²) >= 11 is 1.65. The fraction of sp³-hybridized carbons (Fsp3) is 0.211. The molecule has 5 heteroatoms. The van der Waals surface area contributed by atoms with Gasteiger partial charge >= 0.3 is 0 Å². The van der Waals surface area contributed by atoms with Crippen LogP contribution in [0, 0.1) is 0 Å². The number of quaternary nitrogens is 1. The molecule has 0 fully saturated rings. The van der Waals surface area contributed by atoms with E-state index in [-0.39, 0.29) is 18.0 Å². The largest absolute Gasteiger partial charge is 0.463 e. The van der Waals surface area contributed by atoms with Crippen LogP contribution in [0.15, 0.2) is 70.7 Å². The Balaban J connectivity index is 1.62. The lowest BCUT2D eigenvalue weighted by atomic mass is 10.0. The van der Waals surface area contributed by atoms with Crippen molar-refractivity contribution in [3.63, 3.8) is 0 Å². The van der Waals surface area contributed by atoms with Gasteiger partial charge in [-0.15, -0.1) is 11.3 Å². The highest BCUT2D eigenvalue weighted by atomic mass is 32.1. The molecule has 3 N–H and O–H groups in total. The van der Waals surface area contributed by atoms with Gasteiger partial charge < -0.3 is 15.1 Å². The lowest BCUT2D eigenvalue weighted by molar-refractivity contribution is -0.678. The molecule has 0 radical (unpaired) electrons. The van der Waals surface area contributed by atoms with Crippen molar-refractivity contribution >= 4 is 17.2 Å². The molecular weight excluding hydrogens is 320 g/mol. The molecule has 0 aliphatic heterocycles. The van der Waals surface area contributed by atoms with Crippen molar-refractivity contribution in [2.45, 2.75) is 19.0 Å². The predicted octanol–water partition coefficient (Wildman–Crippen LogP) is 2.87. The fourth-order valence-electron chi connectivity index (χ4n) is 2.68. The first kappa shape index (κ1) is 16.5. The zero-order chi connectivity index (χ0) is 16.8. The minimum Gasteiger partial charge on any atom is -0.463 e. The minimum absolute atomic E-state index is 0.0170. The predicted molar refractivity (Wildman–Crippen MR) is 94.7 cm³/mol. The molecule has 1 amide bonds. The van der Waals surface area contributed by atoms with Gasteiger partial charge in [-0.1, -0.05) is 36.4 Å². The zero-order valence-electron chi connectivity index (χ0n) is 13.5. The molecule has 0 aliphatic rings. The number of hydrogen-bond donors (Lipinski definition) is 2. The van der Waals surface area contributed by atoms with Crippen LogP contribution in [-0.4, -0.2) is 12.5 Å². The Hall–Kier alpha value is -2.37. The van der Waals surface area contributed by atoms with E-state index in [2.05, 4.69) is 17.4 Å².